The largest absolute Gasteiger partial charge is 0.507 e. The predicted molar refractivity (Wildman–Crippen MR) is 110 cm³/mol. The second-order valence-electron chi connectivity index (χ2n) is 5.72. The van der Waals surface area contributed by atoms with Gasteiger partial charge in [0, 0.05) is 0 Å². The summed E-state index contributed by atoms with van der Waals surface area (Å²) < 4.78 is 11.0. The standard InChI is InChI=1S/C21H18N2O5S/c1-2-27-18-12-14(9-10-17(18)28-21(26)19-8-5-11-29-19)13-22-23-20(25)15-6-3-4-7-16(15)24/h3-13,24H,2H2,1H3,(H,23,25)/b22-13+. The first-order valence-electron chi connectivity index (χ1n) is 8.72. The maximum absolute atomic E-state index is 12.2. The summed E-state index contributed by atoms with van der Waals surface area (Å²) in [5.41, 5.74) is 3.10. The van der Waals surface area contributed by atoms with Crippen LogP contribution in [0, 0.1) is 0 Å². The van der Waals surface area contributed by atoms with E-state index in [4.69, 9.17) is 9.47 Å². The Kier molecular flexibility index (Phi) is 6.59. The van der Waals surface area contributed by atoms with Gasteiger partial charge >= 0.3 is 5.97 Å². The predicted octanol–water partition coefficient (Wildman–Crippen LogP) is 3.84. The molecule has 0 radical (unpaired) electrons. The molecule has 0 bridgehead atoms. The maximum atomic E-state index is 12.2. The molecule has 1 amide bonds. The fourth-order valence-corrected chi connectivity index (χ4v) is 2.99. The van der Waals surface area contributed by atoms with Crippen LogP contribution < -0.4 is 14.9 Å². The van der Waals surface area contributed by atoms with E-state index in [1.54, 1.807) is 47.8 Å². The maximum Gasteiger partial charge on any atom is 0.353 e. The molecular formula is C21H18N2O5S. The third kappa shape index (κ3) is 5.20. The summed E-state index contributed by atoms with van der Waals surface area (Å²) in [6.07, 6.45) is 1.42. The van der Waals surface area contributed by atoms with Crippen molar-refractivity contribution in [2.24, 2.45) is 5.10 Å². The van der Waals surface area contributed by atoms with Gasteiger partial charge in [0.05, 0.1) is 18.4 Å². The summed E-state index contributed by atoms with van der Waals surface area (Å²) in [5.74, 6) is -0.451. The number of benzene rings is 2. The van der Waals surface area contributed by atoms with Gasteiger partial charge in [-0.25, -0.2) is 10.2 Å². The van der Waals surface area contributed by atoms with Crippen LogP contribution in [0.25, 0.3) is 0 Å². The number of ether oxygens (including phenoxy) is 2. The minimum Gasteiger partial charge on any atom is -0.507 e. The first kappa shape index (κ1) is 20.1. The molecule has 0 spiro atoms. The average Bonchev–Trinajstić information content (AvgIpc) is 3.25. The lowest BCUT2D eigenvalue weighted by Crippen LogP contribution is -2.17. The van der Waals surface area contributed by atoms with Gasteiger partial charge in [-0.05, 0) is 54.3 Å². The van der Waals surface area contributed by atoms with Gasteiger partial charge < -0.3 is 14.6 Å². The molecule has 2 N–H and O–H groups in total. The molecule has 1 aromatic heterocycles. The van der Waals surface area contributed by atoms with E-state index in [1.807, 2.05) is 6.92 Å². The van der Waals surface area contributed by atoms with Crippen molar-refractivity contribution in [3.8, 4) is 17.2 Å². The number of hydrogen-bond acceptors (Lipinski definition) is 7. The Hall–Kier alpha value is -3.65. The lowest BCUT2D eigenvalue weighted by atomic mass is 10.2. The zero-order valence-corrected chi connectivity index (χ0v) is 16.3. The minimum absolute atomic E-state index is 0.121. The second-order valence-corrected chi connectivity index (χ2v) is 6.67. The Balaban J connectivity index is 1.70. The highest BCUT2D eigenvalue weighted by Gasteiger charge is 2.14. The van der Waals surface area contributed by atoms with E-state index < -0.39 is 11.9 Å². The Morgan fingerprint density at radius 2 is 1.97 bits per heavy atom. The van der Waals surface area contributed by atoms with Crippen molar-refractivity contribution in [2.75, 3.05) is 6.61 Å². The monoisotopic (exact) mass is 410 g/mol. The highest BCUT2D eigenvalue weighted by atomic mass is 32.1. The Morgan fingerprint density at radius 3 is 2.69 bits per heavy atom. The van der Waals surface area contributed by atoms with E-state index in [0.717, 1.165) is 0 Å². The number of thiophene rings is 1. The van der Waals surface area contributed by atoms with Crippen molar-refractivity contribution >= 4 is 29.4 Å². The SMILES string of the molecule is CCOc1cc(/C=N/NC(=O)c2ccccc2O)ccc1OC(=O)c1cccs1. The van der Waals surface area contributed by atoms with Crippen molar-refractivity contribution in [3.05, 3.63) is 76.0 Å². The van der Waals surface area contributed by atoms with E-state index in [9.17, 15) is 14.7 Å². The van der Waals surface area contributed by atoms with Gasteiger partial charge in [-0.3, -0.25) is 4.79 Å². The molecule has 0 aliphatic carbocycles. The Bertz CT molecular complexity index is 1030. The first-order chi connectivity index (χ1) is 14.1. The van der Waals surface area contributed by atoms with Gasteiger partial charge in [0.15, 0.2) is 11.5 Å². The molecule has 1 heterocycles. The minimum atomic E-state index is -0.536. The topological polar surface area (TPSA) is 97.2 Å². The molecule has 0 aliphatic rings. The number of phenols is 1. The van der Waals surface area contributed by atoms with Gasteiger partial charge in [-0.1, -0.05) is 18.2 Å². The molecule has 7 nitrogen and oxygen atoms in total. The molecule has 0 fully saturated rings. The molecule has 29 heavy (non-hydrogen) atoms. The summed E-state index contributed by atoms with van der Waals surface area (Å²) in [7, 11) is 0. The van der Waals surface area contributed by atoms with E-state index in [1.165, 1.54) is 29.7 Å². The van der Waals surface area contributed by atoms with Gasteiger partial charge in [0.1, 0.15) is 10.6 Å². The smallest absolute Gasteiger partial charge is 0.353 e. The third-order valence-electron chi connectivity index (χ3n) is 3.72. The van der Waals surface area contributed by atoms with Crippen LogP contribution in [0.4, 0.5) is 0 Å². The molecule has 0 saturated carbocycles. The van der Waals surface area contributed by atoms with Crippen molar-refractivity contribution in [3.63, 3.8) is 0 Å². The number of phenolic OH excluding ortho intramolecular Hbond substituents is 1. The lowest BCUT2D eigenvalue weighted by Gasteiger charge is -2.10. The number of nitrogens with one attached hydrogen (secondary N) is 1. The number of hydrogen-bond donors (Lipinski definition) is 2. The van der Waals surface area contributed by atoms with E-state index in [-0.39, 0.29) is 11.3 Å². The van der Waals surface area contributed by atoms with Gasteiger partial charge in [-0.2, -0.15) is 5.10 Å². The van der Waals surface area contributed by atoms with E-state index >= 15 is 0 Å². The van der Waals surface area contributed by atoms with Crippen molar-refractivity contribution < 1.29 is 24.2 Å². The van der Waals surface area contributed by atoms with E-state index in [2.05, 4.69) is 10.5 Å². The van der Waals surface area contributed by atoms with Crippen molar-refractivity contribution in [1.82, 2.24) is 5.43 Å². The normalized spacial score (nSPS) is 10.7. The third-order valence-corrected chi connectivity index (χ3v) is 4.57. The average molecular weight is 410 g/mol. The summed E-state index contributed by atoms with van der Waals surface area (Å²) >= 11 is 1.29. The van der Waals surface area contributed by atoms with Crippen LogP contribution >= 0.6 is 11.3 Å². The fourth-order valence-electron chi connectivity index (χ4n) is 2.39. The molecule has 148 valence electrons. The van der Waals surface area contributed by atoms with Crippen LogP contribution in [0.2, 0.25) is 0 Å². The zero-order chi connectivity index (χ0) is 20.6. The molecule has 3 rings (SSSR count). The number of aromatic hydroxyl groups is 1. The molecule has 8 heteroatoms. The number of amides is 1. The van der Waals surface area contributed by atoms with Crippen LogP contribution in [0.1, 0.15) is 32.5 Å². The lowest BCUT2D eigenvalue weighted by molar-refractivity contribution is 0.0733. The van der Waals surface area contributed by atoms with Crippen molar-refractivity contribution in [2.45, 2.75) is 6.92 Å². The van der Waals surface area contributed by atoms with Crippen LogP contribution in [0.3, 0.4) is 0 Å². The number of para-hydroxylation sites is 1. The number of nitrogens with zero attached hydrogens (tertiary/aromatic N) is 1. The van der Waals surface area contributed by atoms with Gasteiger partial charge in [0.25, 0.3) is 5.91 Å². The molecule has 3 aromatic rings. The molecule has 0 atom stereocenters. The Labute approximate surface area is 171 Å². The quantitative estimate of drug-likeness (QED) is 0.267. The number of rotatable bonds is 7. The highest BCUT2D eigenvalue weighted by molar-refractivity contribution is 7.12. The number of carbonyl (C=O) groups excluding carboxylic acids is 2. The summed E-state index contributed by atoms with van der Waals surface area (Å²) in [5, 5.41) is 15.4. The van der Waals surface area contributed by atoms with Gasteiger partial charge in [0.2, 0.25) is 0 Å². The molecule has 0 unspecified atom stereocenters. The fraction of sp³-hybridized carbons (Fsp3) is 0.0952. The molecular weight excluding hydrogens is 392 g/mol. The molecule has 0 saturated heterocycles. The number of carbonyl (C=O) groups is 2. The second kappa shape index (κ2) is 9.52. The first-order valence-corrected chi connectivity index (χ1v) is 9.60. The summed E-state index contributed by atoms with van der Waals surface area (Å²) in [6.45, 7) is 2.20. The molecule has 2 aromatic carbocycles. The Morgan fingerprint density at radius 1 is 1.14 bits per heavy atom. The zero-order valence-electron chi connectivity index (χ0n) is 15.5. The van der Waals surface area contributed by atoms with Crippen LogP contribution in [0.15, 0.2) is 65.1 Å². The number of esters is 1. The van der Waals surface area contributed by atoms with Gasteiger partial charge in [-0.15, -0.1) is 11.3 Å². The van der Waals surface area contributed by atoms with E-state index in [0.29, 0.717) is 28.5 Å². The summed E-state index contributed by atoms with van der Waals surface area (Å²) in [6, 6.07) is 14.6. The molecule has 0 aliphatic heterocycles. The van der Waals surface area contributed by atoms with Crippen LogP contribution in [0.5, 0.6) is 17.2 Å². The van der Waals surface area contributed by atoms with Crippen LogP contribution in [-0.4, -0.2) is 29.8 Å². The van der Waals surface area contributed by atoms with Crippen molar-refractivity contribution in [1.29, 1.82) is 0 Å². The summed E-state index contributed by atoms with van der Waals surface area (Å²) in [4.78, 5) is 24.7. The number of hydrazone groups is 1. The highest BCUT2D eigenvalue weighted by Crippen LogP contribution is 2.29. The van der Waals surface area contributed by atoms with Crippen LogP contribution in [-0.2, 0) is 0 Å².